The number of nitrogens with zero attached hydrogens (tertiary/aromatic N) is 2. The van der Waals surface area contributed by atoms with Crippen molar-refractivity contribution in [3.8, 4) is 11.1 Å². The second-order valence-corrected chi connectivity index (χ2v) is 12.9. The number of carbonyl (C=O) groups is 2. The molecule has 7 nitrogen and oxygen atoms in total. The molecule has 49 heavy (non-hydrogen) atoms. The number of rotatable bonds is 13. The van der Waals surface area contributed by atoms with Crippen LogP contribution in [0.25, 0.3) is 11.1 Å². The monoisotopic (exact) mass is 695 g/mol. The molecule has 2 aromatic carbocycles. The van der Waals surface area contributed by atoms with Crippen molar-refractivity contribution < 1.29 is 40.7 Å². The Bertz CT molecular complexity index is 1730. The molecule has 0 saturated carbocycles. The fourth-order valence-corrected chi connectivity index (χ4v) is 5.97. The van der Waals surface area contributed by atoms with Crippen LogP contribution in [0.1, 0.15) is 79.1 Å². The molecule has 0 radical (unpaired) electrons. The molecule has 2 atom stereocenters. The van der Waals surface area contributed by atoms with E-state index in [1.165, 1.54) is 25.1 Å². The lowest BCUT2D eigenvalue weighted by Gasteiger charge is -2.27. The quantitative estimate of drug-likeness (QED) is 0.149. The number of aromatic nitrogens is 1. The first-order valence-corrected chi connectivity index (χ1v) is 15.9. The third-order valence-electron chi connectivity index (χ3n) is 8.14. The maximum atomic E-state index is 15.9. The van der Waals surface area contributed by atoms with Crippen molar-refractivity contribution >= 4 is 11.9 Å². The van der Waals surface area contributed by atoms with Gasteiger partial charge in [-0.2, -0.15) is 13.2 Å². The minimum Gasteiger partial charge on any atom is -0.466 e. The Morgan fingerprint density at radius 3 is 2.10 bits per heavy atom. The number of nitrogens with one attached hydrogen (secondary N) is 1. The number of aryl methyl sites for hydroxylation is 3. The van der Waals surface area contributed by atoms with Gasteiger partial charge in [-0.25, -0.2) is 13.2 Å². The minimum absolute atomic E-state index is 0.0130. The Kier molecular flexibility index (Phi) is 12.9. The van der Waals surface area contributed by atoms with Crippen LogP contribution in [0.4, 0.5) is 26.3 Å². The summed E-state index contributed by atoms with van der Waals surface area (Å²) in [5.74, 6) is -5.28. The Labute approximate surface area is 282 Å². The average molecular weight is 696 g/mol. The van der Waals surface area contributed by atoms with Crippen molar-refractivity contribution in [1.29, 1.82) is 0 Å². The molecule has 2 unspecified atom stereocenters. The molecule has 1 aromatic heterocycles. The van der Waals surface area contributed by atoms with Gasteiger partial charge in [0.1, 0.15) is 23.2 Å². The van der Waals surface area contributed by atoms with Gasteiger partial charge in [0.15, 0.2) is 0 Å². The fourth-order valence-electron chi connectivity index (χ4n) is 5.97. The Hall–Kier alpha value is -4.13. The highest BCUT2D eigenvalue weighted by molar-refractivity contribution is 5.82. The summed E-state index contributed by atoms with van der Waals surface area (Å²) in [6.45, 7) is 9.91. The van der Waals surface area contributed by atoms with E-state index >= 15 is 8.78 Å². The molecule has 0 bridgehead atoms. The second-order valence-electron chi connectivity index (χ2n) is 12.9. The van der Waals surface area contributed by atoms with Gasteiger partial charge in [-0.3, -0.25) is 14.4 Å². The largest absolute Gasteiger partial charge is 0.466 e. The van der Waals surface area contributed by atoms with Crippen LogP contribution in [-0.2, 0) is 26.9 Å². The maximum Gasteiger partial charge on any atom is 0.419 e. The molecule has 1 amide bonds. The van der Waals surface area contributed by atoms with E-state index in [0.717, 1.165) is 6.20 Å². The first kappa shape index (κ1) is 39.3. The summed E-state index contributed by atoms with van der Waals surface area (Å²) in [6.07, 6.45) is -5.24. The van der Waals surface area contributed by atoms with Gasteiger partial charge in [0.05, 0.1) is 19.1 Å². The first-order valence-electron chi connectivity index (χ1n) is 15.9. The molecule has 0 saturated heterocycles. The number of carbonyl (C=O) groups excluding carboxylic acids is 2. The lowest BCUT2D eigenvalue weighted by atomic mass is 9.90. The van der Waals surface area contributed by atoms with Gasteiger partial charge >= 0.3 is 12.1 Å². The van der Waals surface area contributed by atoms with E-state index in [0.29, 0.717) is 26.8 Å². The fraction of sp³-hybridized carbons (Fsp3) is 0.472. The second kappa shape index (κ2) is 16.1. The van der Waals surface area contributed by atoms with Crippen molar-refractivity contribution in [2.75, 3.05) is 27.2 Å². The van der Waals surface area contributed by atoms with E-state index in [1.54, 1.807) is 59.7 Å². The van der Waals surface area contributed by atoms with Crippen LogP contribution in [0.3, 0.4) is 0 Å². The molecule has 1 N–H and O–H groups in total. The highest BCUT2D eigenvalue weighted by Gasteiger charge is 2.40. The zero-order valence-corrected chi connectivity index (χ0v) is 28.9. The number of benzene rings is 2. The maximum absolute atomic E-state index is 15.9. The number of likely N-dealkylation sites (N-methyl/N-ethyl adjacent to an activating group) is 1. The van der Waals surface area contributed by atoms with Crippen molar-refractivity contribution in [2.24, 2.45) is 5.92 Å². The topological polar surface area (TPSA) is 80.6 Å². The van der Waals surface area contributed by atoms with E-state index < -0.39 is 70.7 Å². The number of amides is 1. The summed E-state index contributed by atoms with van der Waals surface area (Å²) in [5, 5.41) is 2.62. The summed E-state index contributed by atoms with van der Waals surface area (Å²) in [6, 6.07) is 2.73. The van der Waals surface area contributed by atoms with Crippen LogP contribution in [-0.4, -0.2) is 48.6 Å². The third kappa shape index (κ3) is 9.52. The van der Waals surface area contributed by atoms with Crippen LogP contribution in [0.2, 0.25) is 0 Å². The van der Waals surface area contributed by atoms with Gasteiger partial charge in [-0.05, 0) is 118 Å². The van der Waals surface area contributed by atoms with Gasteiger partial charge in [0.2, 0.25) is 11.7 Å². The highest BCUT2D eigenvalue weighted by Crippen LogP contribution is 2.36. The van der Waals surface area contributed by atoms with Crippen molar-refractivity contribution in [1.82, 2.24) is 14.8 Å². The summed E-state index contributed by atoms with van der Waals surface area (Å²) in [7, 11) is 3.24. The predicted molar refractivity (Wildman–Crippen MR) is 175 cm³/mol. The third-order valence-corrected chi connectivity index (χ3v) is 8.14. The number of esters is 1. The Balaban J connectivity index is 2.22. The molecule has 1 heterocycles. The summed E-state index contributed by atoms with van der Waals surface area (Å²) < 4.78 is 93.1. The number of pyridine rings is 1. The average Bonchev–Trinajstić information content (AvgIpc) is 2.96. The van der Waals surface area contributed by atoms with E-state index in [1.807, 2.05) is 0 Å². The molecular formula is C36H43F6N3O4. The van der Waals surface area contributed by atoms with Crippen LogP contribution < -0.4 is 10.9 Å². The van der Waals surface area contributed by atoms with Gasteiger partial charge in [0.25, 0.3) is 5.56 Å². The number of alkyl halides is 3. The lowest BCUT2D eigenvalue weighted by molar-refractivity contribution is -0.144. The zero-order valence-electron chi connectivity index (χ0n) is 28.9. The van der Waals surface area contributed by atoms with Crippen LogP contribution >= 0.6 is 0 Å². The first-order chi connectivity index (χ1) is 22.8. The van der Waals surface area contributed by atoms with Crippen molar-refractivity contribution in [3.63, 3.8) is 0 Å². The van der Waals surface area contributed by atoms with Crippen molar-refractivity contribution in [2.45, 2.75) is 79.1 Å². The molecule has 13 heteroatoms. The van der Waals surface area contributed by atoms with Crippen LogP contribution in [0.15, 0.2) is 35.3 Å². The van der Waals surface area contributed by atoms with Crippen molar-refractivity contribution in [3.05, 3.63) is 91.6 Å². The Morgan fingerprint density at radius 1 is 0.959 bits per heavy atom. The number of halogens is 6. The molecular weight excluding hydrogens is 652 g/mol. The molecule has 3 rings (SSSR count). The SMILES string of the molecule is CCOC(=O)CC(NC(=O)C(CC(C)C)n1cc(CCN(C)C)c(C(F)(F)F)c(F)c1=O)c1cc(-c2c(C)cc(F)cc2C)cc(C)c1F. The molecule has 268 valence electrons. The van der Waals surface area contributed by atoms with Gasteiger partial charge < -0.3 is 19.5 Å². The molecule has 3 aromatic rings. The molecule has 0 spiro atoms. The van der Waals surface area contributed by atoms with E-state index in [9.17, 15) is 31.9 Å². The normalized spacial score (nSPS) is 13.1. The number of hydrogen-bond donors (Lipinski definition) is 1. The molecule has 0 aliphatic rings. The Morgan fingerprint density at radius 2 is 1.57 bits per heavy atom. The predicted octanol–water partition coefficient (Wildman–Crippen LogP) is 7.38. The summed E-state index contributed by atoms with van der Waals surface area (Å²) in [4.78, 5) is 41.6. The summed E-state index contributed by atoms with van der Waals surface area (Å²) in [5.41, 5.74) is -1.58. The zero-order chi connectivity index (χ0) is 37.0. The minimum atomic E-state index is -5.17. The van der Waals surface area contributed by atoms with E-state index in [2.05, 4.69) is 5.32 Å². The number of ether oxygens (including phenoxy) is 1. The molecule has 0 fully saturated rings. The smallest absolute Gasteiger partial charge is 0.419 e. The molecule has 0 aliphatic heterocycles. The van der Waals surface area contributed by atoms with E-state index in [4.69, 9.17) is 4.74 Å². The van der Waals surface area contributed by atoms with Crippen LogP contribution in [0, 0.1) is 44.1 Å². The highest BCUT2D eigenvalue weighted by atomic mass is 19.4. The van der Waals surface area contributed by atoms with E-state index in [-0.39, 0.29) is 43.0 Å². The number of hydrogen-bond acceptors (Lipinski definition) is 5. The van der Waals surface area contributed by atoms with Gasteiger partial charge in [-0.15, -0.1) is 0 Å². The summed E-state index contributed by atoms with van der Waals surface area (Å²) >= 11 is 0. The van der Waals surface area contributed by atoms with Gasteiger partial charge in [0, 0.05) is 18.3 Å². The van der Waals surface area contributed by atoms with Gasteiger partial charge in [-0.1, -0.05) is 13.8 Å². The standard InChI is InChI=1S/C36H43F6N3O4/c1-9-49-29(46)17-27(26-16-24(13-22(6)32(26)38)30-20(4)14-25(37)15-21(30)5)43-34(47)28(12-19(2)3)45-18-23(10-11-44(7)8)31(36(40,41)42)33(39)35(45)48/h13-16,18-19,27-28H,9-12,17H2,1-8H3,(H,43,47). The van der Waals surface area contributed by atoms with Crippen LogP contribution in [0.5, 0.6) is 0 Å². The lowest BCUT2D eigenvalue weighted by Crippen LogP contribution is -2.42. The molecule has 0 aliphatic carbocycles.